The van der Waals surface area contributed by atoms with Crippen molar-refractivity contribution < 1.29 is 4.79 Å². The summed E-state index contributed by atoms with van der Waals surface area (Å²) in [5.41, 5.74) is 0.892. The molecule has 0 radical (unpaired) electrons. The van der Waals surface area contributed by atoms with Crippen LogP contribution in [0.2, 0.25) is 0 Å². The molecule has 0 spiro atoms. The van der Waals surface area contributed by atoms with Crippen LogP contribution in [-0.2, 0) is 6.54 Å². The van der Waals surface area contributed by atoms with Crippen LogP contribution in [0.25, 0.3) is 0 Å². The smallest absolute Gasteiger partial charge is 0.322 e. The van der Waals surface area contributed by atoms with Gasteiger partial charge in [0.05, 0.1) is 0 Å². The molecule has 0 aromatic carbocycles. The average molecular weight is 300 g/mol. The molecule has 2 aromatic heterocycles. The van der Waals surface area contributed by atoms with Crippen LogP contribution in [0.5, 0.6) is 0 Å². The SMILES string of the molecule is CCCCN(Cc1cccnc1)C(=O)Nc1ccc[nH]c1=O. The first-order chi connectivity index (χ1) is 10.7. The molecule has 2 rings (SSSR count). The highest BCUT2D eigenvalue weighted by molar-refractivity contribution is 5.89. The van der Waals surface area contributed by atoms with Crippen LogP contribution in [-0.4, -0.2) is 27.4 Å². The molecule has 0 aliphatic heterocycles. The van der Waals surface area contributed by atoms with Gasteiger partial charge in [0.1, 0.15) is 5.69 Å². The fourth-order valence-corrected chi connectivity index (χ4v) is 2.03. The summed E-state index contributed by atoms with van der Waals surface area (Å²) in [5.74, 6) is 0. The third-order valence-electron chi connectivity index (χ3n) is 3.22. The van der Waals surface area contributed by atoms with E-state index in [2.05, 4.69) is 22.2 Å². The van der Waals surface area contributed by atoms with Gasteiger partial charge >= 0.3 is 6.03 Å². The fraction of sp³-hybridized carbons (Fsp3) is 0.312. The number of carbonyl (C=O) groups excluding carboxylic acids is 1. The summed E-state index contributed by atoms with van der Waals surface area (Å²) in [5, 5.41) is 2.66. The zero-order valence-electron chi connectivity index (χ0n) is 12.6. The fourth-order valence-electron chi connectivity index (χ4n) is 2.03. The van der Waals surface area contributed by atoms with E-state index in [4.69, 9.17) is 0 Å². The topological polar surface area (TPSA) is 78.1 Å². The van der Waals surface area contributed by atoms with Crippen LogP contribution < -0.4 is 10.9 Å². The molecule has 116 valence electrons. The quantitative estimate of drug-likeness (QED) is 0.860. The lowest BCUT2D eigenvalue weighted by Gasteiger charge is -2.22. The second-order valence-corrected chi connectivity index (χ2v) is 4.98. The lowest BCUT2D eigenvalue weighted by molar-refractivity contribution is 0.208. The highest BCUT2D eigenvalue weighted by Gasteiger charge is 2.15. The first-order valence-corrected chi connectivity index (χ1v) is 7.33. The van der Waals surface area contributed by atoms with Crippen LogP contribution in [0.1, 0.15) is 25.3 Å². The molecule has 6 nitrogen and oxygen atoms in total. The van der Waals surface area contributed by atoms with Gasteiger partial charge in [-0.2, -0.15) is 0 Å². The maximum atomic E-state index is 12.4. The lowest BCUT2D eigenvalue weighted by atomic mass is 10.2. The molecule has 0 aliphatic carbocycles. The number of hydrogen-bond donors (Lipinski definition) is 2. The largest absolute Gasteiger partial charge is 0.327 e. The highest BCUT2D eigenvalue weighted by Crippen LogP contribution is 2.08. The summed E-state index contributed by atoms with van der Waals surface area (Å²) < 4.78 is 0. The predicted molar refractivity (Wildman–Crippen MR) is 85.6 cm³/mol. The average Bonchev–Trinajstić information content (AvgIpc) is 2.54. The minimum atomic E-state index is -0.312. The standard InChI is InChI=1S/C16H20N4O2/c1-2-3-10-20(12-13-6-4-8-17-11-13)16(22)19-14-7-5-9-18-15(14)21/h4-9,11H,2-3,10,12H2,1H3,(H,18,21)(H,19,22). The van der Waals surface area contributed by atoms with Gasteiger partial charge in [-0.1, -0.05) is 19.4 Å². The number of unbranched alkanes of at least 4 members (excludes halogenated alkanes) is 1. The molecule has 6 heteroatoms. The van der Waals surface area contributed by atoms with E-state index < -0.39 is 0 Å². The number of pyridine rings is 2. The van der Waals surface area contributed by atoms with Crippen molar-refractivity contribution in [3.63, 3.8) is 0 Å². The van der Waals surface area contributed by atoms with E-state index >= 15 is 0 Å². The molecule has 0 bridgehead atoms. The maximum Gasteiger partial charge on any atom is 0.322 e. The first kappa shape index (κ1) is 15.8. The number of H-pyrrole nitrogens is 1. The Hall–Kier alpha value is -2.63. The Morgan fingerprint density at radius 1 is 1.36 bits per heavy atom. The monoisotopic (exact) mass is 300 g/mol. The molecule has 0 aliphatic rings. The van der Waals surface area contributed by atoms with E-state index in [0.29, 0.717) is 13.1 Å². The Labute approximate surface area is 129 Å². The van der Waals surface area contributed by atoms with Crippen molar-refractivity contribution in [3.05, 3.63) is 58.8 Å². The summed E-state index contributed by atoms with van der Waals surface area (Å²) >= 11 is 0. The Morgan fingerprint density at radius 3 is 2.91 bits per heavy atom. The van der Waals surface area contributed by atoms with Gasteiger partial charge in [0.15, 0.2) is 0 Å². The zero-order valence-corrected chi connectivity index (χ0v) is 12.6. The molecule has 0 saturated heterocycles. The van der Waals surface area contributed by atoms with Crippen LogP contribution in [0.3, 0.4) is 0 Å². The van der Waals surface area contributed by atoms with Crippen LogP contribution in [0, 0.1) is 0 Å². The molecule has 2 N–H and O–H groups in total. The zero-order chi connectivity index (χ0) is 15.8. The number of hydrogen-bond acceptors (Lipinski definition) is 3. The van der Waals surface area contributed by atoms with Gasteiger partial charge in [0.2, 0.25) is 0 Å². The molecule has 0 atom stereocenters. The minimum absolute atomic E-state index is 0.250. The number of aromatic amines is 1. The molecule has 0 unspecified atom stereocenters. The normalized spacial score (nSPS) is 10.2. The van der Waals surface area contributed by atoms with Crippen molar-refractivity contribution in [2.75, 3.05) is 11.9 Å². The molecule has 2 aromatic rings. The summed E-state index contributed by atoms with van der Waals surface area (Å²) in [6, 6.07) is 6.74. The number of aromatic nitrogens is 2. The second kappa shape index (κ2) is 7.97. The Kier molecular flexibility index (Phi) is 5.71. The summed E-state index contributed by atoms with van der Waals surface area (Å²) in [4.78, 5) is 32.4. The summed E-state index contributed by atoms with van der Waals surface area (Å²) in [6.07, 6.45) is 6.86. The van der Waals surface area contributed by atoms with E-state index in [0.717, 1.165) is 18.4 Å². The van der Waals surface area contributed by atoms with E-state index in [9.17, 15) is 9.59 Å². The summed E-state index contributed by atoms with van der Waals surface area (Å²) in [6.45, 7) is 3.16. The van der Waals surface area contributed by atoms with E-state index in [-0.39, 0.29) is 17.3 Å². The first-order valence-electron chi connectivity index (χ1n) is 7.33. The molecule has 2 heterocycles. The van der Waals surface area contributed by atoms with Gasteiger partial charge in [-0.25, -0.2) is 4.79 Å². The number of nitrogens with zero attached hydrogens (tertiary/aromatic N) is 2. The van der Waals surface area contributed by atoms with Crippen molar-refractivity contribution in [1.29, 1.82) is 0 Å². The minimum Gasteiger partial charge on any atom is -0.327 e. The molecule has 0 saturated carbocycles. The number of anilines is 1. The van der Waals surface area contributed by atoms with E-state index in [1.165, 1.54) is 6.20 Å². The molecule has 2 amide bonds. The van der Waals surface area contributed by atoms with Gasteiger partial charge in [-0.3, -0.25) is 9.78 Å². The van der Waals surface area contributed by atoms with Crippen LogP contribution in [0.15, 0.2) is 47.7 Å². The van der Waals surface area contributed by atoms with Gasteiger partial charge in [0, 0.05) is 31.7 Å². The van der Waals surface area contributed by atoms with Crippen molar-refractivity contribution >= 4 is 11.7 Å². The number of rotatable bonds is 6. The van der Waals surface area contributed by atoms with Crippen molar-refractivity contribution in [2.24, 2.45) is 0 Å². The van der Waals surface area contributed by atoms with Gasteiger partial charge in [-0.05, 0) is 30.2 Å². The number of carbonyl (C=O) groups is 1. The number of nitrogens with one attached hydrogen (secondary N) is 2. The number of amides is 2. The van der Waals surface area contributed by atoms with Gasteiger partial charge in [0.25, 0.3) is 5.56 Å². The van der Waals surface area contributed by atoms with E-state index in [1.54, 1.807) is 29.4 Å². The van der Waals surface area contributed by atoms with Crippen molar-refractivity contribution in [1.82, 2.24) is 14.9 Å². The van der Waals surface area contributed by atoms with E-state index in [1.807, 2.05) is 12.1 Å². The lowest BCUT2D eigenvalue weighted by Crippen LogP contribution is -2.36. The molecule has 22 heavy (non-hydrogen) atoms. The maximum absolute atomic E-state index is 12.4. The highest BCUT2D eigenvalue weighted by atomic mass is 16.2. The third kappa shape index (κ3) is 4.44. The summed E-state index contributed by atoms with van der Waals surface area (Å²) in [7, 11) is 0. The molecular formula is C16H20N4O2. The predicted octanol–water partition coefficient (Wildman–Crippen LogP) is 2.60. The van der Waals surface area contributed by atoms with Crippen LogP contribution in [0.4, 0.5) is 10.5 Å². The second-order valence-electron chi connectivity index (χ2n) is 4.98. The molecule has 0 fully saturated rings. The van der Waals surface area contributed by atoms with Crippen molar-refractivity contribution in [2.45, 2.75) is 26.3 Å². The van der Waals surface area contributed by atoms with Gasteiger partial charge in [-0.15, -0.1) is 0 Å². The Morgan fingerprint density at radius 2 is 2.23 bits per heavy atom. The van der Waals surface area contributed by atoms with Gasteiger partial charge < -0.3 is 15.2 Å². The Balaban J connectivity index is 2.09. The third-order valence-corrected chi connectivity index (χ3v) is 3.22. The van der Waals surface area contributed by atoms with Crippen LogP contribution >= 0.6 is 0 Å². The Bertz CT molecular complexity index is 654. The number of urea groups is 1. The molecular weight excluding hydrogens is 280 g/mol. The van der Waals surface area contributed by atoms with Crippen molar-refractivity contribution in [3.8, 4) is 0 Å².